The lowest BCUT2D eigenvalue weighted by Gasteiger charge is -2.38. The Bertz CT molecular complexity index is 1480. The number of aliphatic hydroxyl groups is 1. The molecule has 10 heteroatoms. The summed E-state index contributed by atoms with van der Waals surface area (Å²) in [4.78, 5) is 30.2. The molecule has 0 atom stereocenters. The summed E-state index contributed by atoms with van der Waals surface area (Å²) in [6.07, 6.45) is 0. The van der Waals surface area contributed by atoms with Crippen molar-refractivity contribution in [3.8, 4) is 0 Å². The molecule has 0 radical (unpaired) electrons. The van der Waals surface area contributed by atoms with E-state index in [0.29, 0.717) is 30.5 Å². The monoisotopic (exact) mass is 521 g/mol. The summed E-state index contributed by atoms with van der Waals surface area (Å²) < 4.78 is 41.3. The number of piperazine rings is 1. The third kappa shape index (κ3) is 4.55. The van der Waals surface area contributed by atoms with Gasteiger partial charge < -0.3 is 14.9 Å². The van der Waals surface area contributed by atoms with Gasteiger partial charge in [0.1, 0.15) is 18.1 Å². The number of aliphatic hydroxyl groups excluding tert-OH is 1. The first-order chi connectivity index (χ1) is 17.8. The van der Waals surface area contributed by atoms with E-state index in [4.69, 9.17) is 0 Å². The first kappa shape index (κ1) is 24.5. The zero-order chi connectivity index (χ0) is 26.2. The van der Waals surface area contributed by atoms with Crippen molar-refractivity contribution >= 4 is 33.2 Å². The van der Waals surface area contributed by atoms with Crippen LogP contribution < -0.4 is 4.90 Å². The van der Waals surface area contributed by atoms with Crippen molar-refractivity contribution in [1.82, 2.24) is 9.21 Å². The lowest BCUT2D eigenvalue weighted by molar-refractivity contribution is -0.131. The molecule has 2 heterocycles. The number of rotatable bonds is 4. The molecule has 5 rings (SSSR count). The van der Waals surface area contributed by atoms with E-state index in [9.17, 15) is 27.5 Å². The van der Waals surface area contributed by atoms with E-state index in [0.717, 1.165) is 17.8 Å². The lowest BCUT2D eigenvalue weighted by atomic mass is 10.0. The van der Waals surface area contributed by atoms with E-state index in [1.165, 1.54) is 36.4 Å². The molecule has 3 aromatic carbocycles. The Hall–Kier alpha value is -4.18. The van der Waals surface area contributed by atoms with E-state index in [-0.39, 0.29) is 16.0 Å². The first-order valence-corrected chi connectivity index (χ1v) is 13.1. The van der Waals surface area contributed by atoms with Crippen LogP contribution in [0.4, 0.5) is 10.1 Å². The largest absolute Gasteiger partial charge is 0.505 e. The zero-order valence-corrected chi connectivity index (χ0v) is 20.6. The zero-order valence-electron chi connectivity index (χ0n) is 19.7. The number of allylic oxidation sites excluding steroid dienone is 1. The van der Waals surface area contributed by atoms with Gasteiger partial charge in [-0.05, 0) is 48.5 Å². The number of Topliss-reactive ketones (excluding diaryl/α,β-unsaturated/α-hetero) is 1. The van der Waals surface area contributed by atoms with Gasteiger partial charge in [0, 0.05) is 43.0 Å². The molecule has 1 saturated heterocycles. The minimum atomic E-state index is -4.35. The molecule has 1 N–H and O–H groups in total. The van der Waals surface area contributed by atoms with Crippen LogP contribution in [0.2, 0.25) is 0 Å². The SMILES string of the molecule is O=C1C(=C(O)c2ccc(F)cc2)N(CC(=O)N2CCN(c3ccccc3)CC2)S(=O)(=O)c2ccccc21. The number of halogens is 1. The Morgan fingerprint density at radius 3 is 2.16 bits per heavy atom. The summed E-state index contributed by atoms with van der Waals surface area (Å²) in [6.45, 7) is 1.21. The highest BCUT2D eigenvalue weighted by molar-refractivity contribution is 7.89. The number of fused-ring (bicyclic) bond motifs is 1. The number of anilines is 1. The van der Waals surface area contributed by atoms with Crippen molar-refractivity contribution in [2.45, 2.75) is 4.90 Å². The van der Waals surface area contributed by atoms with Crippen LogP contribution in [0.25, 0.3) is 5.76 Å². The van der Waals surface area contributed by atoms with Gasteiger partial charge in [0.15, 0.2) is 5.76 Å². The molecule has 190 valence electrons. The highest BCUT2D eigenvalue weighted by atomic mass is 32.2. The molecular weight excluding hydrogens is 497 g/mol. The third-order valence-corrected chi connectivity index (χ3v) is 8.34. The van der Waals surface area contributed by atoms with Gasteiger partial charge in [-0.15, -0.1) is 0 Å². The average molecular weight is 522 g/mol. The summed E-state index contributed by atoms with van der Waals surface area (Å²) in [5.41, 5.74) is 0.436. The van der Waals surface area contributed by atoms with Crippen LogP contribution in [0.15, 0.2) is 89.5 Å². The van der Waals surface area contributed by atoms with Crippen molar-refractivity contribution in [3.63, 3.8) is 0 Å². The molecule has 0 bridgehead atoms. The molecule has 0 aliphatic carbocycles. The van der Waals surface area contributed by atoms with Crippen LogP contribution in [0, 0.1) is 5.82 Å². The highest BCUT2D eigenvalue weighted by Gasteiger charge is 2.43. The number of nitrogens with zero attached hydrogens (tertiary/aromatic N) is 3. The van der Waals surface area contributed by atoms with Crippen LogP contribution in [-0.2, 0) is 14.8 Å². The van der Waals surface area contributed by atoms with Crippen LogP contribution >= 0.6 is 0 Å². The predicted molar refractivity (Wildman–Crippen MR) is 136 cm³/mol. The van der Waals surface area contributed by atoms with Crippen LogP contribution in [0.1, 0.15) is 15.9 Å². The standard InChI is InChI=1S/C27H24FN3O5S/c28-20-12-10-19(11-13-20)26(33)25-27(34)22-8-4-5-9-23(22)37(35,36)31(25)18-24(32)30-16-14-29(15-17-30)21-6-2-1-3-7-21/h1-13,33H,14-18H2. The van der Waals surface area contributed by atoms with E-state index < -0.39 is 45.5 Å². The Labute approximate surface area is 213 Å². The number of amides is 1. The topological polar surface area (TPSA) is 98.2 Å². The van der Waals surface area contributed by atoms with Gasteiger partial charge in [-0.2, -0.15) is 0 Å². The molecule has 37 heavy (non-hydrogen) atoms. The van der Waals surface area contributed by atoms with E-state index in [1.54, 1.807) is 4.90 Å². The van der Waals surface area contributed by atoms with Crippen molar-refractivity contribution in [2.24, 2.45) is 0 Å². The van der Waals surface area contributed by atoms with Gasteiger partial charge in [-0.1, -0.05) is 30.3 Å². The number of para-hydroxylation sites is 1. The van der Waals surface area contributed by atoms with Gasteiger partial charge in [-0.3, -0.25) is 9.59 Å². The number of benzene rings is 3. The summed E-state index contributed by atoms with van der Waals surface area (Å²) in [7, 11) is -4.35. The molecule has 8 nitrogen and oxygen atoms in total. The number of ketones is 1. The molecule has 2 aliphatic heterocycles. The van der Waals surface area contributed by atoms with Crippen molar-refractivity contribution in [2.75, 3.05) is 37.6 Å². The summed E-state index contributed by atoms with van der Waals surface area (Å²) in [5, 5.41) is 11.0. The highest BCUT2D eigenvalue weighted by Crippen LogP contribution is 2.35. The maximum Gasteiger partial charge on any atom is 0.265 e. The van der Waals surface area contributed by atoms with Gasteiger partial charge in [0.25, 0.3) is 10.0 Å². The van der Waals surface area contributed by atoms with Crippen LogP contribution in [0.5, 0.6) is 0 Å². The van der Waals surface area contributed by atoms with E-state index in [1.807, 2.05) is 30.3 Å². The van der Waals surface area contributed by atoms with Gasteiger partial charge in [-0.25, -0.2) is 17.1 Å². The maximum atomic E-state index is 13.6. The fourth-order valence-electron chi connectivity index (χ4n) is 4.57. The molecular formula is C27H24FN3O5S. The fourth-order valence-corrected chi connectivity index (χ4v) is 6.19. The fraction of sp³-hybridized carbons (Fsp3) is 0.185. The Morgan fingerprint density at radius 1 is 0.865 bits per heavy atom. The molecule has 3 aromatic rings. The predicted octanol–water partition coefficient (Wildman–Crippen LogP) is 3.29. The van der Waals surface area contributed by atoms with Gasteiger partial charge >= 0.3 is 0 Å². The third-order valence-electron chi connectivity index (χ3n) is 6.54. The molecule has 1 fully saturated rings. The number of hydrogen-bond acceptors (Lipinski definition) is 6. The van der Waals surface area contributed by atoms with Crippen molar-refractivity contribution in [3.05, 3.63) is 102 Å². The van der Waals surface area contributed by atoms with Gasteiger partial charge in [0.2, 0.25) is 11.7 Å². The Morgan fingerprint density at radius 2 is 1.49 bits per heavy atom. The minimum absolute atomic E-state index is 0.0493. The van der Waals surface area contributed by atoms with Crippen LogP contribution in [-0.4, -0.2) is 67.1 Å². The smallest absolute Gasteiger partial charge is 0.265 e. The first-order valence-electron chi connectivity index (χ1n) is 11.7. The molecule has 0 saturated carbocycles. The maximum absolute atomic E-state index is 13.6. The van der Waals surface area contributed by atoms with Gasteiger partial charge in [0.05, 0.1) is 4.90 Å². The molecule has 0 unspecified atom stereocenters. The van der Waals surface area contributed by atoms with Crippen LogP contribution in [0.3, 0.4) is 0 Å². The summed E-state index contributed by atoms with van der Waals surface area (Å²) in [5.74, 6) is -2.44. The molecule has 0 aromatic heterocycles. The molecule has 0 spiro atoms. The second-order valence-corrected chi connectivity index (χ2v) is 10.6. The normalized spacial score (nSPS) is 18.4. The average Bonchev–Trinajstić information content (AvgIpc) is 2.92. The minimum Gasteiger partial charge on any atom is -0.505 e. The second-order valence-electron chi connectivity index (χ2n) is 8.74. The van der Waals surface area contributed by atoms with E-state index >= 15 is 0 Å². The molecule has 2 aliphatic rings. The van der Waals surface area contributed by atoms with Crippen molar-refractivity contribution < 1.29 is 27.5 Å². The Kier molecular flexibility index (Phi) is 6.43. The lowest BCUT2D eigenvalue weighted by Crippen LogP contribution is -2.52. The van der Waals surface area contributed by atoms with E-state index in [2.05, 4.69) is 4.90 Å². The number of carbonyl (C=O) groups excluding carboxylic acids is 2. The Balaban J connectivity index is 1.47. The second kappa shape index (κ2) is 9.70. The quantitative estimate of drug-likeness (QED) is 0.418. The van der Waals surface area contributed by atoms with Crippen molar-refractivity contribution in [1.29, 1.82) is 0 Å². The molecule has 1 amide bonds. The summed E-state index contributed by atoms with van der Waals surface area (Å²) >= 11 is 0. The number of sulfonamides is 1. The summed E-state index contributed by atoms with van der Waals surface area (Å²) in [6, 6.07) is 20.1. The number of carbonyl (C=O) groups is 2. The number of hydrogen-bond donors (Lipinski definition) is 1.